The van der Waals surface area contributed by atoms with Crippen LogP contribution in [0.25, 0.3) is 27.3 Å². The number of benzene rings is 4. The van der Waals surface area contributed by atoms with Crippen molar-refractivity contribution in [3.8, 4) is 0 Å². The molecule has 1 aliphatic rings. The van der Waals surface area contributed by atoms with Gasteiger partial charge in [-0.1, -0.05) is 115 Å². The third-order valence-corrected chi connectivity index (χ3v) is 7.94. The van der Waals surface area contributed by atoms with Gasteiger partial charge in [0.05, 0.1) is 16.5 Å². The van der Waals surface area contributed by atoms with E-state index in [-0.39, 0.29) is 4.75 Å². The van der Waals surface area contributed by atoms with Crippen molar-refractivity contribution in [2.24, 2.45) is 0 Å². The van der Waals surface area contributed by atoms with E-state index in [1.807, 2.05) is 18.0 Å². The number of nitrogens with zero attached hydrogens (tertiary/aromatic N) is 2. The molecule has 7 rings (SSSR count). The Kier molecular flexibility index (Phi) is 3.44. The number of rotatable bonds is 2. The zero-order valence-corrected chi connectivity index (χ0v) is 17.5. The Labute approximate surface area is 184 Å². The summed E-state index contributed by atoms with van der Waals surface area (Å²) in [5.74, 6) is 0. The maximum atomic E-state index is 4.90. The van der Waals surface area contributed by atoms with E-state index in [9.17, 15) is 0 Å². The number of thioether (sulfide) groups is 1. The van der Waals surface area contributed by atoms with Gasteiger partial charge in [-0.2, -0.15) is 0 Å². The number of para-hydroxylation sites is 1. The van der Waals surface area contributed by atoms with Crippen molar-refractivity contribution in [2.45, 2.75) is 9.77 Å². The first-order chi connectivity index (χ1) is 15.4. The van der Waals surface area contributed by atoms with Crippen molar-refractivity contribution >= 4 is 39.1 Å². The lowest BCUT2D eigenvalue weighted by Gasteiger charge is -2.38. The SMILES string of the molecule is c1ccc(C2(c3ccccc3)Sc3cnc4c5ccccc5c5cccc2c5n34)cc1. The molecule has 0 spiro atoms. The first kappa shape index (κ1) is 17.2. The molecule has 3 heterocycles. The lowest BCUT2D eigenvalue weighted by molar-refractivity contribution is 0.869. The van der Waals surface area contributed by atoms with Crippen LogP contribution in [0.2, 0.25) is 0 Å². The minimum absolute atomic E-state index is 0.340. The molecule has 0 bridgehead atoms. The van der Waals surface area contributed by atoms with Gasteiger partial charge < -0.3 is 0 Å². The van der Waals surface area contributed by atoms with Crippen LogP contribution in [0, 0.1) is 0 Å². The quantitative estimate of drug-likeness (QED) is 0.283. The van der Waals surface area contributed by atoms with E-state index in [1.54, 1.807) is 0 Å². The van der Waals surface area contributed by atoms with Crippen molar-refractivity contribution < 1.29 is 0 Å². The minimum atomic E-state index is -0.340. The van der Waals surface area contributed by atoms with Crippen LogP contribution in [0.3, 0.4) is 0 Å². The minimum Gasteiger partial charge on any atom is -0.286 e. The van der Waals surface area contributed by atoms with Gasteiger partial charge in [-0.25, -0.2) is 4.98 Å². The Balaban J connectivity index is 1.73. The molecule has 0 radical (unpaired) electrons. The second kappa shape index (κ2) is 6.22. The Hall–Kier alpha value is -3.56. The zero-order chi connectivity index (χ0) is 20.4. The molecular weight excluding hydrogens is 396 g/mol. The molecule has 146 valence electrons. The fraction of sp³-hybridized carbons (Fsp3) is 0.0357. The van der Waals surface area contributed by atoms with E-state index >= 15 is 0 Å². The van der Waals surface area contributed by atoms with Gasteiger partial charge in [0.15, 0.2) is 0 Å². The molecule has 4 aromatic carbocycles. The van der Waals surface area contributed by atoms with Crippen molar-refractivity contribution in [1.29, 1.82) is 0 Å². The van der Waals surface area contributed by atoms with E-state index in [2.05, 4.69) is 108 Å². The molecule has 0 amide bonds. The largest absolute Gasteiger partial charge is 0.286 e. The molecule has 6 aromatic rings. The van der Waals surface area contributed by atoms with Gasteiger partial charge in [-0.3, -0.25) is 4.40 Å². The predicted octanol–water partition coefficient (Wildman–Crippen LogP) is 7.04. The lowest BCUT2D eigenvalue weighted by Crippen LogP contribution is -2.29. The number of imidazole rings is 1. The number of pyridine rings is 1. The van der Waals surface area contributed by atoms with Gasteiger partial charge >= 0.3 is 0 Å². The molecule has 1 aliphatic heterocycles. The van der Waals surface area contributed by atoms with E-state index < -0.39 is 0 Å². The highest BCUT2D eigenvalue weighted by atomic mass is 32.2. The topological polar surface area (TPSA) is 17.3 Å². The van der Waals surface area contributed by atoms with Crippen LogP contribution in [0.4, 0.5) is 0 Å². The van der Waals surface area contributed by atoms with Crippen molar-refractivity contribution in [3.63, 3.8) is 0 Å². The number of hydrogen-bond donors (Lipinski definition) is 0. The van der Waals surface area contributed by atoms with Gasteiger partial charge in [0.25, 0.3) is 0 Å². The van der Waals surface area contributed by atoms with Crippen LogP contribution in [0.5, 0.6) is 0 Å². The number of fused-ring (bicyclic) bond motifs is 3. The second-order valence-electron chi connectivity index (χ2n) is 8.02. The summed E-state index contributed by atoms with van der Waals surface area (Å²) in [6, 6.07) is 37.1. The molecule has 0 fully saturated rings. The van der Waals surface area contributed by atoms with Gasteiger partial charge in [0.1, 0.15) is 10.7 Å². The molecule has 0 saturated heterocycles. The standard InChI is InChI=1S/C28H18N2S/c1-3-10-19(11-4-1)28(20-12-5-2-6-13-20)24-17-9-16-22-21-14-7-8-15-23(21)27-29-18-25(31-28)30(27)26(22)24/h1-18H. The number of hydrogen-bond acceptors (Lipinski definition) is 2. The molecule has 0 saturated carbocycles. The molecule has 0 N–H and O–H groups in total. The Morgan fingerprint density at radius 1 is 0.613 bits per heavy atom. The fourth-order valence-corrected chi connectivity index (χ4v) is 6.64. The Bertz CT molecular complexity index is 1560. The highest BCUT2D eigenvalue weighted by Gasteiger charge is 2.43. The third-order valence-electron chi connectivity index (χ3n) is 6.44. The molecule has 3 heteroatoms. The van der Waals surface area contributed by atoms with E-state index in [4.69, 9.17) is 4.98 Å². The summed E-state index contributed by atoms with van der Waals surface area (Å²) < 4.78 is 2.02. The molecule has 0 unspecified atom stereocenters. The first-order valence-electron chi connectivity index (χ1n) is 10.5. The highest BCUT2D eigenvalue weighted by molar-refractivity contribution is 8.00. The Morgan fingerprint density at radius 2 is 1.23 bits per heavy atom. The molecule has 0 aliphatic carbocycles. The molecular formula is C28H18N2S. The van der Waals surface area contributed by atoms with Crippen molar-refractivity contribution in [1.82, 2.24) is 9.38 Å². The normalized spacial score (nSPS) is 14.6. The molecule has 2 nitrogen and oxygen atoms in total. The summed E-state index contributed by atoms with van der Waals surface area (Å²) >= 11 is 1.89. The summed E-state index contributed by atoms with van der Waals surface area (Å²) in [6.45, 7) is 0. The summed E-state index contributed by atoms with van der Waals surface area (Å²) in [4.78, 5) is 4.90. The summed E-state index contributed by atoms with van der Waals surface area (Å²) in [7, 11) is 0. The molecule has 2 aromatic heterocycles. The van der Waals surface area contributed by atoms with Gasteiger partial charge in [0.2, 0.25) is 0 Å². The van der Waals surface area contributed by atoms with Crippen LogP contribution in [0.15, 0.2) is 114 Å². The summed E-state index contributed by atoms with van der Waals surface area (Å²) in [5.41, 5.74) is 6.18. The lowest BCUT2D eigenvalue weighted by atomic mass is 9.82. The van der Waals surface area contributed by atoms with Gasteiger partial charge in [0, 0.05) is 16.3 Å². The monoisotopic (exact) mass is 414 g/mol. The maximum absolute atomic E-state index is 4.90. The van der Waals surface area contributed by atoms with Crippen LogP contribution in [-0.4, -0.2) is 9.38 Å². The average Bonchev–Trinajstić information content (AvgIpc) is 3.29. The summed E-state index contributed by atoms with van der Waals surface area (Å²) in [5, 5.41) is 4.91. The molecule has 0 atom stereocenters. The summed E-state index contributed by atoms with van der Waals surface area (Å²) in [6.07, 6.45) is 2.04. The van der Waals surface area contributed by atoms with Crippen molar-refractivity contribution in [2.75, 3.05) is 0 Å². The highest BCUT2D eigenvalue weighted by Crippen LogP contribution is 2.56. The first-order valence-corrected chi connectivity index (χ1v) is 11.3. The van der Waals surface area contributed by atoms with Gasteiger partial charge in [-0.05, 0) is 16.5 Å². The number of aromatic nitrogens is 2. The smallest absolute Gasteiger partial charge is 0.146 e. The van der Waals surface area contributed by atoms with Crippen molar-refractivity contribution in [3.05, 3.63) is 126 Å². The predicted molar refractivity (Wildman–Crippen MR) is 129 cm³/mol. The van der Waals surface area contributed by atoms with Crippen LogP contribution >= 0.6 is 11.8 Å². The average molecular weight is 415 g/mol. The van der Waals surface area contributed by atoms with Crippen LogP contribution in [0.1, 0.15) is 16.7 Å². The van der Waals surface area contributed by atoms with Crippen LogP contribution < -0.4 is 0 Å². The van der Waals surface area contributed by atoms with E-state index in [1.165, 1.54) is 43.4 Å². The van der Waals surface area contributed by atoms with Crippen LogP contribution in [-0.2, 0) is 4.75 Å². The van der Waals surface area contributed by atoms with E-state index in [0.29, 0.717) is 0 Å². The fourth-order valence-electron chi connectivity index (χ4n) is 5.17. The zero-order valence-electron chi connectivity index (χ0n) is 16.7. The Morgan fingerprint density at radius 3 is 1.94 bits per heavy atom. The van der Waals surface area contributed by atoms with E-state index in [0.717, 1.165) is 5.65 Å². The second-order valence-corrected chi connectivity index (χ2v) is 9.25. The maximum Gasteiger partial charge on any atom is 0.146 e. The molecule has 31 heavy (non-hydrogen) atoms. The third kappa shape index (κ3) is 2.16. The van der Waals surface area contributed by atoms with Gasteiger partial charge in [-0.15, -0.1) is 0 Å².